The summed E-state index contributed by atoms with van der Waals surface area (Å²) < 4.78 is 0.810. The van der Waals surface area contributed by atoms with Gasteiger partial charge >= 0.3 is 0 Å². The molecule has 1 N–H and O–H groups in total. The second-order valence-corrected chi connectivity index (χ2v) is 3.06. The Hall–Kier alpha value is -1.95. The van der Waals surface area contributed by atoms with Gasteiger partial charge in [0.25, 0.3) is 10.8 Å². The molecule has 2 aromatic heterocycles. The molecular formula is C8H4ClN3O3. The fourth-order valence-corrected chi connectivity index (χ4v) is 1.22. The second kappa shape index (κ2) is 3.32. The molecule has 0 aliphatic heterocycles. The number of hydrogen-bond acceptors (Lipinski definition) is 5. The molecular weight excluding hydrogens is 222 g/mol. The third kappa shape index (κ3) is 1.55. The molecule has 6 nitrogen and oxygen atoms in total. The summed E-state index contributed by atoms with van der Waals surface area (Å²) in [6, 6.07) is 2.68. The van der Waals surface area contributed by atoms with E-state index in [1.807, 2.05) is 0 Å². The van der Waals surface area contributed by atoms with Crippen LogP contribution in [-0.4, -0.2) is 24.9 Å². The minimum atomic E-state index is -0.910. The highest BCUT2D eigenvalue weighted by atomic mass is 35.5. The molecule has 0 spiro atoms. The summed E-state index contributed by atoms with van der Waals surface area (Å²) in [5.74, 6) is -0.342. The summed E-state index contributed by atoms with van der Waals surface area (Å²) in [5, 5.41) is 11.7. The standard InChI is InChI=1S/C8H4ClN3O3/c9-7(14)4-3-10-5-1-2-6(13)11-12(5)8(4)15/h1-3H,(H,11,13). The van der Waals surface area contributed by atoms with Crippen molar-refractivity contribution in [1.29, 1.82) is 0 Å². The van der Waals surface area contributed by atoms with Crippen LogP contribution < -0.4 is 5.56 Å². The molecule has 76 valence electrons. The van der Waals surface area contributed by atoms with Crippen molar-refractivity contribution in [3.8, 4) is 5.88 Å². The summed E-state index contributed by atoms with van der Waals surface area (Å²) in [4.78, 5) is 26.2. The first-order valence-corrected chi connectivity index (χ1v) is 4.25. The molecule has 2 rings (SSSR count). The van der Waals surface area contributed by atoms with Crippen LogP contribution in [0.15, 0.2) is 23.1 Å². The molecule has 0 atom stereocenters. The van der Waals surface area contributed by atoms with Gasteiger partial charge in [-0.2, -0.15) is 4.52 Å². The fraction of sp³-hybridized carbons (Fsp3) is 0. The van der Waals surface area contributed by atoms with Gasteiger partial charge in [0.2, 0.25) is 5.88 Å². The molecule has 0 unspecified atom stereocenters. The van der Waals surface area contributed by atoms with Crippen molar-refractivity contribution >= 4 is 22.5 Å². The quantitative estimate of drug-likeness (QED) is 0.700. The van der Waals surface area contributed by atoms with Crippen LogP contribution in [0.3, 0.4) is 0 Å². The number of carbonyl (C=O) groups is 1. The Balaban J connectivity index is 2.89. The van der Waals surface area contributed by atoms with Crippen LogP contribution in [0, 0.1) is 0 Å². The lowest BCUT2D eigenvalue weighted by molar-refractivity contribution is 0.107. The van der Waals surface area contributed by atoms with E-state index >= 15 is 0 Å². The maximum atomic E-state index is 11.6. The van der Waals surface area contributed by atoms with E-state index in [1.54, 1.807) is 0 Å². The molecule has 0 saturated carbocycles. The zero-order valence-corrected chi connectivity index (χ0v) is 7.97. The third-order valence-electron chi connectivity index (χ3n) is 1.76. The van der Waals surface area contributed by atoms with E-state index in [-0.39, 0.29) is 17.1 Å². The SMILES string of the molecule is O=C(Cl)c1cnc2ccc(O)nn2c1=O. The van der Waals surface area contributed by atoms with Crippen molar-refractivity contribution < 1.29 is 9.90 Å². The Kier molecular flexibility index (Phi) is 2.12. The minimum Gasteiger partial charge on any atom is -0.492 e. The maximum Gasteiger partial charge on any atom is 0.286 e. The van der Waals surface area contributed by atoms with Crippen LogP contribution in [-0.2, 0) is 0 Å². The molecule has 0 radical (unpaired) electrons. The number of aromatic nitrogens is 3. The number of halogens is 1. The highest BCUT2D eigenvalue weighted by Gasteiger charge is 2.11. The molecule has 2 heterocycles. The van der Waals surface area contributed by atoms with Gasteiger partial charge in [0.05, 0.1) is 0 Å². The van der Waals surface area contributed by atoms with E-state index in [2.05, 4.69) is 10.1 Å². The molecule has 0 aromatic carbocycles. The van der Waals surface area contributed by atoms with Gasteiger partial charge in [-0.3, -0.25) is 9.59 Å². The summed E-state index contributed by atoms with van der Waals surface area (Å²) in [6.07, 6.45) is 1.08. The lowest BCUT2D eigenvalue weighted by Crippen LogP contribution is -2.22. The van der Waals surface area contributed by atoms with Gasteiger partial charge in [-0.05, 0) is 17.7 Å². The third-order valence-corrected chi connectivity index (χ3v) is 1.96. The molecule has 0 saturated heterocycles. The number of aromatic hydroxyl groups is 1. The van der Waals surface area contributed by atoms with Crippen molar-refractivity contribution in [3.63, 3.8) is 0 Å². The zero-order chi connectivity index (χ0) is 11.0. The Morgan fingerprint density at radius 3 is 2.87 bits per heavy atom. The normalized spacial score (nSPS) is 10.5. The first-order valence-electron chi connectivity index (χ1n) is 3.87. The summed E-state index contributed by atoms with van der Waals surface area (Å²) in [7, 11) is 0. The minimum absolute atomic E-state index is 0.222. The van der Waals surface area contributed by atoms with E-state index in [9.17, 15) is 9.59 Å². The molecule has 0 amide bonds. The number of rotatable bonds is 1. The molecule has 0 aliphatic carbocycles. The van der Waals surface area contributed by atoms with Crippen LogP contribution in [0.4, 0.5) is 0 Å². The van der Waals surface area contributed by atoms with Gasteiger partial charge in [-0.15, -0.1) is 5.10 Å². The van der Waals surface area contributed by atoms with Crippen molar-refractivity contribution in [2.75, 3.05) is 0 Å². The number of nitrogens with zero attached hydrogens (tertiary/aromatic N) is 3. The molecule has 7 heteroatoms. The van der Waals surface area contributed by atoms with Crippen LogP contribution in [0.1, 0.15) is 10.4 Å². The smallest absolute Gasteiger partial charge is 0.286 e. The predicted molar refractivity (Wildman–Crippen MR) is 51.1 cm³/mol. The van der Waals surface area contributed by atoms with Crippen molar-refractivity contribution in [2.24, 2.45) is 0 Å². The highest BCUT2D eigenvalue weighted by molar-refractivity contribution is 6.67. The number of fused-ring (bicyclic) bond motifs is 1. The van der Waals surface area contributed by atoms with Gasteiger partial charge in [0.15, 0.2) is 5.65 Å². The predicted octanol–water partition coefficient (Wildman–Crippen LogP) is 0.174. The number of hydrogen-bond donors (Lipinski definition) is 1. The Bertz CT molecular complexity index is 608. The van der Waals surface area contributed by atoms with Crippen molar-refractivity contribution in [3.05, 3.63) is 34.2 Å². The topological polar surface area (TPSA) is 84.6 Å². The maximum absolute atomic E-state index is 11.6. The largest absolute Gasteiger partial charge is 0.492 e. The van der Waals surface area contributed by atoms with Gasteiger partial charge in [0.1, 0.15) is 5.56 Å². The van der Waals surface area contributed by atoms with Crippen LogP contribution in [0.2, 0.25) is 0 Å². The molecule has 2 aromatic rings. The first kappa shape index (κ1) is 9.60. The Morgan fingerprint density at radius 2 is 2.20 bits per heavy atom. The summed E-state index contributed by atoms with van der Waals surface area (Å²) >= 11 is 5.17. The summed E-state index contributed by atoms with van der Waals surface area (Å²) in [5.41, 5.74) is -0.775. The first-order chi connectivity index (χ1) is 7.09. The van der Waals surface area contributed by atoms with Crippen LogP contribution >= 0.6 is 11.6 Å². The van der Waals surface area contributed by atoms with Gasteiger partial charge < -0.3 is 5.11 Å². The van der Waals surface area contributed by atoms with E-state index < -0.39 is 10.8 Å². The van der Waals surface area contributed by atoms with E-state index in [0.29, 0.717) is 0 Å². The van der Waals surface area contributed by atoms with Gasteiger partial charge in [-0.25, -0.2) is 4.98 Å². The van der Waals surface area contributed by atoms with E-state index in [4.69, 9.17) is 16.7 Å². The Labute approximate surface area is 87.8 Å². The average Bonchev–Trinajstić information content (AvgIpc) is 2.19. The van der Waals surface area contributed by atoms with Crippen molar-refractivity contribution in [1.82, 2.24) is 14.6 Å². The molecule has 15 heavy (non-hydrogen) atoms. The van der Waals surface area contributed by atoms with Crippen molar-refractivity contribution in [2.45, 2.75) is 0 Å². The average molecular weight is 226 g/mol. The molecule has 0 fully saturated rings. The molecule has 0 bridgehead atoms. The second-order valence-electron chi connectivity index (χ2n) is 2.71. The fourth-order valence-electron chi connectivity index (χ4n) is 1.09. The monoisotopic (exact) mass is 225 g/mol. The Morgan fingerprint density at radius 1 is 1.47 bits per heavy atom. The summed E-state index contributed by atoms with van der Waals surface area (Å²) in [6.45, 7) is 0. The number of carbonyl (C=O) groups excluding carboxylic acids is 1. The lowest BCUT2D eigenvalue weighted by atomic mass is 10.3. The zero-order valence-electron chi connectivity index (χ0n) is 7.22. The lowest BCUT2D eigenvalue weighted by Gasteiger charge is -1.99. The highest BCUT2D eigenvalue weighted by Crippen LogP contribution is 2.04. The van der Waals surface area contributed by atoms with Gasteiger partial charge in [-0.1, -0.05) is 0 Å². The van der Waals surface area contributed by atoms with E-state index in [1.165, 1.54) is 12.1 Å². The van der Waals surface area contributed by atoms with Crippen LogP contribution in [0.5, 0.6) is 5.88 Å². The van der Waals surface area contributed by atoms with Gasteiger partial charge in [0, 0.05) is 12.3 Å². The van der Waals surface area contributed by atoms with Crippen LogP contribution in [0.25, 0.3) is 5.65 Å². The molecule has 0 aliphatic rings. The van der Waals surface area contributed by atoms with E-state index in [0.717, 1.165) is 10.7 Å².